The van der Waals surface area contributed by atoms with Crippen molar-refractivity contribution in [2.45, 2.75) is 44.3 Å². The molecule has 3 aromatic rings. The van der Waals surface area contributed by atoms with Crippen molar-refractivity contribution in [1.29, 1.82) is 0 Å². The molecule has 0 saturated carbocycles. The summed E-state index contributed by atoms with van der Waals surface area (Å²) in [6.07, 6.45) is 1.66. The summed E-state index contributed by atoms with van der Waals surface area (Å²) in [5.74, 6) is 0.951. The zero-order valence-electron chi connectivity index (χ0n) is 18.2. The summed E-state index contributed by atoms with van der Waals surface area (Å²) in [7, 11) is -2.11. The third-order valence-electron chi connectivity index (χ3n) is 4.95. The minimum absolute atomic E-state index is 0.129. The Morgan fingerprint density at radius 2 is 1.90 bits per heavy atom. The van der Waals surface area contributed by atoms with E-state index in [9.17, 15) is 8.42 Å². The van der Waals surface area contributed by atoms with Crippen LogP contribution in [-0.4, -0.2) is 48.7 Å². The number of hydrogen-bond acceptors (Lipinski definition) is 7. The first kappa shape index (κ1) is 22.0. The summed E-state index contributed by atoms with van der Waals surface area (Å²) < 4.78 is 36.4. The molecule has 0 unspecified atom stereocenters. The van der Waals surface area contributed by atoms with E-state index < -0.39 is 14.6 Å². The molecule has 0 bridgehead atoms. The van der Waals surface area contributed by atoms with Gasteiger partial charge in [0.15, 0.2) is 15.7 Å². The zero-order valence-corrected chi connectivity index (χ0v) is 19.0. The van der Waals surface area contributed by atoms with Crippen molar-refractivity contribution in [1.82, 2.24) is 15.2 Å². The van der Waals surface area contributed by atoms with Crippen molar-refractivity contribution in [3.05, 3.63) is 35.7 Å². The molecule has 162 valence electrons. The largest absolute Gasteiger partial charge is 0.490 e. The Labute approximate surface area is 176 Å². The number of fused-ring (bicyclic) bond motifs is 1. The second kappa shape index (κ2) is 8.23. The highest BCUT2D eigenvalue weighted by Gasteiger charge is 2.34. The smallest absolute Gasteiger partial charge is 0.186 e. The van der Waals surface area contributed by atoms with Crippen molar-refractivity contribution >= 4 is 32.2 Å². The van der Waals surface area contributed by atoms with Gasteiger partial charge in [-0.05, 0) is 46.8 Å². The maximum Gasteiger partial charge on any atom is 0.186 e. The average Bonchev–Trinajstić information content (AvgIpc) is 2.99. The van der Waals surface area contributed by atoms with E-state index in [-0.39, 0.29) is 17.3 Å². The highest BCUT2D eigenvalue weighted by molar-refractivity contribution is 7.92. The summed E-state index contributed by atoms with van der Waals surface area (Å²) in [4.78, 5) is 4.54. The van der Waals surface area contributed by atoms with E-state index in [4.69, 9.17) is 9.47 Å². The highest BCUT2D eigenvalue weighted by Crippen LogP contribution is 2.37. The Morgan fingerprint density at radius 3 is 2.50 bits per heavy atom. The number of nitrogens with zero attached hydrogens (tertiary/aromatic N) is 2. The van der Waals surface area contributed by atoms with Gasteiger partial charge in [-0.3, -0.25) is 10.1 Å². The molecule has 0 atom stereocenters. The van der Waals surface area contributed by atoms with E-state index >= 15 is 0 Å². The van der Waals surface area contributed by atoms with Crippen molar-refractivity contribution in [2.75, 3.05) is 25.6 Å². The van der Waals surface area contributed by atoms with E-state index in [1.807, 2.05) is 13.8 Å². The fraction of sp³-hybridized carbons (Fsp3) is 0.429. The van der Waals surface area contributed by atoms with Crippen molar-refractivity contribution < 1.29 is 17.9 Å². The number of pyridine rings is 1. The van der Waals surface area contributed by atoms with Crippen LogP contribution in [0.4, 0.5) is 11.5 Å². The number of rotatable bonds is 7. The number of anilines is 2. The summed E-state index contributed by atoms with van der Waals surface area (Å²) in [6, 6.07) is 5.09. The van der Waals surface area contributed by atoms with Crippen molar-refractivity contribution in [3.63, 3.8) is 0 Å². The first-order chi connectivity index (χ1) is 14.1. The molecule has 0 aliphatic rings. The number of ether oxygens (including phenoxy) is 2. The lowest BCUT2D eigenvalue weighted by atomic mass is 10.1. The molecule has 0 spiro atoms. The van der Waals surface area contributed by atoms with E-state index in [1.54, 1.807) is 52.3 Å². The van der Waals surface area contributed by atoms with Crippen LogP contribution in [-0.2, 0) is 14.6 Å². The van der Waals surface area contributed by atoms with E-state index in [2.05, 4.69) is 20.5 Å². The van der Waals surface area contributed by atoms with Crippen LogP contribution >= 0.6 is 0 Å². The number of aryl methyl sites for hydroxylation is 1. The fourth-order valence-electron chi connectivity index (χ4n) is 2.88. The van der Waals surface area contributed by atoms with Gasteiger partial charge in [0.05, 0.1) is 22.6 Å². The third kappa shape index (κ3) is 4.13. The van der Waals surface area contributed by atoms with Gasteiger partial charge < -0.3 is 14.8 Å². The predicted octanol–water partition coefficient (Wildman–Crippen LogP) is 3.92. The standard InChI is InChI=1S/C21H28N4O4S/c1-13-14(2)24-25-20(13)23-16-7-8-22-17-12-18(29-10-9-28-6)19(11-15(16)17)30(26,27)21(3,4)5/h7-8,11-12H,9-10H2,1-6H3,(H2,22,23,24,25). The highest BCUT2D eigenvalue weighted by atomic mass is 32.2. The van der Waals surface area contributed by atoms with E-state index in [0.29, 0.717) is 29.0 Å². The topological polar surface area (TPSA) is 106 Å². The Kier molecular flexibility index (Phi) is 6.05. The Hall–Kier alpha value is -2.65. The SMILES string of the molecule is COCCOc1cc2nccc(Nc3n[nH]c(C)c3C)c2cc1S(=O)(=O)C(C)(C)C. The normalized spacial score (nSPS) is 12.3. The van der Waals surface area contributed by atoms with Crippen molar-refractivity contribution in [3.8, 4) is 5.75 Å². The molecule has 1 aromatic carbocycles. The number of nitrogens with one attached hydrogen (secondary N) is 2. The van der Waals surface area contributed by atoms with E-state index in [1.165, 1.54) is 0 Å². The molecule has 0 aliphatic carbocycles. The van der Waals surface area contributed by atoms with Crippen LogP contribution in [0.1, 0.15) is 32.0 Å². The average molecular weight is 433 g/mol. The number of aromatic nitrogens is 3. The number of aromatic amines is 1. The van der Waals surface area contributed by atoms with Gasteiger partial charge in [-0.2, -0.15) is 5.10 Å². The quantitative estimate of drug-likeness (QED) is 0.545. The summed E-state index contributed by atoms with van der Waals surface area (Å²) >= 11 is 0. The molecule has 8 nitrogen and oxygen atoms in total. The summed E-state index contributed by atoms with van der Waals surface area (Å²) in [5, 5.41) is 11.2. The summed E-state index contributed by atoms with van der Waals surface area (Å²) in [5.41, 5.74) is 3.27. The second-order valence-electron chi connectivity index (χ2n) is 8.08. The molecule has 2 heterocycles. The lowest BCUT2D eigenvalue weighted by molar-refractivity contribution is 0.144. The molecule has 2 aromatic heterocycles. The van der Waals surface area contributed by atoms with Crippen LogP contribution in [0, 0.1) is 13.8 Å². The van der Waals surface area contributed by atoms with Gasteiger partial charge in [-0.15, -0.1) is 0 Å². The number of methoxy groups -OCH3 is 1. The van der Waals surface area contributed by atoms with Gasteiger partial charge in [0.2, 0.25) is 0 Å². The van der Waals surface area contributed by atoms with Gasteiger partial charge in [-0.1, -0.05) is 0 Å². The molecule has 30 heavy (non-hydrogen) atoms. The van der Waals surface area contributed by atoms with Crippen LogP contribution < -0.4 is 10.1 Å². The van der Waals surface area contributed by atoms with Crippen LogP contribution in [0.15, 0.2) is 29.3 Å². The maximum absolute atomic E-state index is 13.3. The van der Waals surface area contributed by atoms with Crippen LogP contribution in [0.2, 0.25) is 0 Å². The van der Waals surface area contributed by atoms with Crippen LogP contribution in [0.25, 0.3) is 10.9 Å². The van der Waals surface area contributed by atoms with Crippen molar-refractivity contribution in [2.24, 2.45) is 0 Å². The molecule has 0 aliphatic heterocycles. The van der Waals surface area contributed by atoms with E-state index in [0.717, 1.165) is 11.3 Å². The number of hydrogen-bond donors (Lipinski definition) is 2. The molecular formula is C21H28N4O4S. The lowest BCUT2D eigenvalue weighted by Crippen LogP contribution is -2.28. The molecule has 0 radical (unpaired) electrons. The molecule has 2 N–H and O–H groups in total. The molecular weight excluding hydrogens is 404 g/mol. The number of benzene rings is 1. The minimum atomic E-state index is -3.67. The van der Waals surface area contributed by atoms with Crippen LogP contribution in [0.5, 0.6) is 5.75 Å². The number of H-pyrrole nitrogens is 1. The van der Waals surface area contributed by atoms with Gasteiger partial charge in [0, 0.05) is 36.0 Å². The lowest BCUT2D eigenvalue weighted by Gasteiger charge is -2.22. The molecule has 0 fully saturated rings. The molecule has 3 rings (SSSR count). The van der Waals surface area contributed by atoms with Gasteiger partial charge in [0.1, 0.15) is 17.3 Å². The minimum Gasteiger partial charge on any atom is -0.490 e. The van der Waals surface area contributed by atoms with Gasteiger partial charge in [0.25, 0.3) is 0 Å². The second-order valence-corrected chi connectivity index (χ2v) is 10.8. The predicted molar refractivity (Wildman–Crippen MR) is 117 cm³/mol. The van der Waals surface area contributed by atoms with Crippen LogP contribution in [0.3, 0.4) is 0 Å². The van der Waals surface area contributed by atoms with Gasteiger partial charge >= 0.3 is 0 Å². The van der Waals surface area contributed by atoms with Gasteiger partial charge in [-0.25, -0.2) is 8.42 Å². The molecule has 0 amide bonds. The summed E-state index contributed by atoms with van der Waals surface area (Å²) in [6.45, 7) is 9.49. The Balaban J connectivity index is 2.18. The first-order valence-corrected chi connectivity index (χ1v) is 11.1. The maximum atomic E-state index is 13.3. The molecule has 9 heteroatoms. The third-order valence-corrected chi connectivity index (χ3v) is 7.46. The fourth-order valence-corrected chi connectivity index (χ4v) is 4.20. The Bertz CT molecular complexity index is 1160. The first-order valence-electron chi connectivity index (χ1n) is 9.64. The monoisotopic (exact) mass is 432 g/mol. The number of sulfone groups is 1. The Morgan fingerprint density at radius 1 is 1.17 bits per heavy atom. The zero-order chi connectivity index (χ0) is 22.1. The molecule has 0 saturated heterocycles.